The van der Waals surface area contributed by atoms with Crippen molar-refractivity contribution in [2.75, 3.05) is 18.0 Å². The lowest BCUT2D eigenvalue weighted by Crippen LogP contribution is -2.21. The van der Waals surface area contributed by atoms with Crippen LogP contribution in [0.15, 0.2) is 30.3 Å². The highest BCUT2D eigenvalue weighted by molar-refractivity contribution is 7.12. The topological polar surface area (TPSA) is 29.3 Å². The Labute approximate surface area is 118 Å². The van der Waals surface area contributed by atoms with Crippen LogP contribution in [0, 0.1) is 6.92 Å². The van der Waals surface area contributed by atoms with Gasteiger partial charge in [0, 0.05) is 22.0 Å². The predicted molar refractivity (Wildman–Crippen MR) is 83.6 cm³/mol. The van der Waals surface area contributed by atoms with Crippen LogP contribution in [0.3, 0.4) is 0 Å². The van der Waals surface area contributed by atoms with Crippen LogP contribution in [0.2, 0.25) is 0 Å². The first-order chi connectivity index (χ1) is 9.29. The molecule has 0 saturated carbocycles. The van der Waals surface area contributed by atoms with Gasteiger partial charge < -0.3 is 10.6 Å². The number of rotatable bonds is 3. The average Bonchev–Trinajstić information content (AvgIpc) is 2.72. The van der Waals surface area contributed by atoms with E-state index in [9.17, 15) is 0 Å². The second kappa shape index (κ2) is 5.35. The zero-order valence-corrected chi connectivity index (χ0v) is 12.2. The number of thiophene rings is 1. The molecule has 0 unspecified atom stereocenters. The molecule has 1 aliphatic rings. The number of hydrogen-bond donors (Lipinski definition) is 1. The molecule has 0 amide bonds. The predicted octanol–water partition coefficient (Wildman–Crippen LogP) is 3.64. The number of nitrogens with zero attached hydrogens (tertiary/aromatic N) is 1. The monoisotopic (exact) mass is 272 g/mol. The van der Waals surface area contributed by atoms with Crippen molar-refractivity contribution in [2.24, 2.45) is 5.73 Å². The van der Waals surface area contributed by atoms with Gasteiger partial charge in [0.2, 0.25) is 0 Å². The summed E-state index contributed by atoms with van der Waals surface area (Å²) >= 11 is 1.94. The molecule has 2 aromatic rings. The highest BCUT2D eigenvalue weighted by Crippen LogP contribution is 2.40. The number of fused-ring (bicyclic) bond motifs is 2. The molecule has 0 aliphatic carbocycles. The van der Waals surface area contributed by atoms with Crippen LogP contribution in [0.4, 0.5) is 11.4 Å². The number of aryl methyl sites for hydroxylation is 3. The van der Waals surface area contributed by atoms with Crippen molar-refractivity contribution in [3.05, 3.63) is 45.6 Å². The summed E-state index contributed by atoms with van der Waals surface area (Å²) in [6, 6.07) is 11.1. The minimum atomic E-state index is 0.747. The Morgan fingerprint density at radius 3 is 2.89 bits per heavy atom. The maximum absolute atomic E-state index is 5.71. The molecule has 0 atom stereocenters. The lowest BCUT2D eigenvalue weighted by molar-refractivity contribution is 0.817. The fourth-order valence-corrected chi connectivity index (χ4v) is 3.85. The van der Waals surface area contributed by atoms with E-state index in [-0.39, 0.29) is 0 Å². The van der Waals surface area contributed by atoms with Crippen LogP contribution in [0.1, 0.15) is 21.7 Å². The van der Waals surface area contributed by atoms with Crippen molar-refractivity contribution in [3.8, 4) is 0 Å². The summed E-state index contributed by atoms with van der Waals surface area (Å²) in [4.78, 5) is 5.39. The smallest absolute Gasteiger partial charge is 0.0555 e. The molecule has 0 fully saturated rings. The summed E-state index contributed by atoms with van der Waals surface area (Å²) in [5.74, 6) is 0. The Bertz CT molecular complexity index is 574. The molecule has 2 nitrogen and oxygen atoms in total. The maximum atomic E-state index is 5.71. The van der Waals surface area contributed by atoms with Crippen molar-refractivity contribution in [2.45, 2.75) is 26.2 Å². The van der Waals surface area contributed by atoms with Gasteiger partial charge in [-0.1, -0.05) is 18.2 Å². The first-order valence-electron chi connectivity index (χ1n) is 6.94. The van der Waals surface area contributed by atoms with Crippen molar-refractivity contribution in [3.63, 3.8) is 0 Å². The molecule has 3 heteroatoms. The molecular formula is C16H20N2S. The lowest BCUT2D eigenvalue weighted by Gasteiger charge is -2.25. The Hall–Kier alpha value is -1.32. The van der Waals surface area contributed by atoms with Gasteiger partial charge in [-0.15, -0.1) is 11.3 Å². The van der Waals surface area contributed by atoms with E-state index in [1.807, 2.05) is 11.3 Å². The van der Waals surface area contributed by atoms with Gasteiger partial charge in [-0.2, -0.15) is 0 Å². The standard InChI is InChI=1S/C16H20N2S/c1-12-11-15-16(19-12)8-7-13-5-2-3-6-14(13)18(15)10-4-9-17/h2-3,5-6,11H,4,7-10,17H2,1H3. The zero-order chi connectivity index (χ0) is 13.2. The van der Waals surface area contributed by atoms with Gasteiger partial charge in [-0.25, -0.2) is 0 Å². The molecule has 0 saturated heterocycles. The van der Waals surface area contributed by atoms with Crippen molar-refractivity contribution in [1.82, 2.24) is 0 Å². The maximum Gasteiger partial charge on any atom is 0.0555 e. The normalized spacial score (nSPS) is 13.9. The molecule has 1 aromatic carbocycles. The van der Waals surface area contributed by atoms with Gasteiger partial charge in [0.15, 0.2) is 0 Å². The van der Waals surface area contributed by atoms with Gasteiger partial charge in [-0.05, 0) is 50.4 Å². The minimum absolute atomic E-state index is 0.747. The quantitative estimate of drug-likeness (QED) is 0.924. The fraction of sp³-hybridized carbons (Fsp3) is 0.375. The van der Waals surface area contributed by atoms with Crippen LogP contribution in [0.5, 0.6) is 0 Å². The van der Waals surface area contributed by atoms with E-state index in [0.717, 1.165) is 32.4 Å². The molecular weight excluding hydrogens is 252 g/mol. The van der Waals surface area contributed by atoms with Gasteiger partial charge in [-0.3, -0.25) is 0 Å². The second-order valence-corrected chi connectivity index (χ2v) is 6.43. The summed E-state index contributed by atoms with van der Waals surface area (Å²) < 4.78 is 0. The Morgan fingerprint density at radius 2 is 2.05 bits per heavy atom. The van der Waals surface area contributed by atoms with Gasteiger partial charge >= 0.3 is 0 Å². The zero-order valence-electron chi connectivity index (χ0n) is 11.4. The number of nitrogens with two attached hydrogens (primary N) is 1. The van der Waals surface area contributed by atoms with Crippen molar-refractivity contribution >= 4 is 22.7 Å². The molecule has 0 bridgehead atoms. The molecule has 0 radical (unpaired) electrons. The number of anilines is 2. The van der Waals surface area contributed by atoms with E-state index in [1.54, 1.807) is 0 Å². The third-order valence-corrected chi connectivity index (χ3v) is 4.79. The van der Waals surface area contributed by atoms with E-state index in [4.69, 9.17) is 5.73 Å². The van der Waals surface area contributed by atoms with Crippen LogP contribution >= 0.6 is 11.3 Å². The summed E-state index contributed by atoms with van der Waals surface area (Å²) in [6.07, 6.45) is 3.33. The second-order valence-electron chi connectivity index (χ2n) is 5.09. The number of para-hydroxylation sites is 1. The summed E-state index contributed by atoms with van der Waals surface area (Å²) in [7, 11) is 0. The molecule has 100 valence electrons. The average molecular weight is 272 g/mol. The number of benzene rings is 1. The fourth-order valence-electron chi connectivity index (χ4n) is 2.81. The molecule has 1 aliphatic heterocycles. The summed E-state index contributed by atoms with van der Waals surface area (Å²) in [5, 5.41) is 0. The van der Waals surface area contributed by atoms with Gasteiger partial charge in [0.25, 0.3) is 0 Å². The first-order valence-corrected chi connectivity index (χ1v) is 7.76. The third-order valence-electron chi connectivity index (χ3n) is 3.69. The molecule has 2 heterocycles. The van der Waals surface area contributed by atoms with E-state index in [1.165, 1.54) is 26.7 Å². The summed E-state index contributed by atoms with van der Waals surface area (Å²) in [5.41, 5.74) is 9.94. The van der Waals surface area contributed by atoms with Crippen molar-refractivity contribution in [1.29, 1.82) is 0 Å². The summed E-state index contributed by atoms with van der Waals surface area (Å²) in [6.45, 7) is 3.96. The minimum Gasteiger partial charge on any atom is -0.340 e. The van der Waals surface area contributed by atoms with E-state index < -0.39 is 0 Å². The largest absolute Gasteiger partial charge is 0.340 e. The van der Waals surface area contributed by atoms with Crippen LogP contribution < -0.4 is 10.6 Å². The van der Waals surface area contributed by atoms with Crippen LogP contribution in [0.25, 0.3) is 0 Å². The van der Waals surface area contributed by atoms with E-state index >= 15 is 0 Å². The van der Waals surface area contributed by atoms with E-state index in [2.05, 4.69) is 42.2 Å². The Kier molecular flexibility index (Phi) is 3.58. The molecule has 19 heavy (non-hydrogen) atoms. The highest BCUT2D eigenvalue weighted by Gasteiger charge is 2.21. The van der Waals surface area contributed by atoms with E-state index in [0.29, 0.717) is 0 Å². The molecule has 3 rings (SSSR count). The molecule has 2 N–H and O–H groups in total. The Morgan fingerprint density at radius 1 is 1.21 bits per heavy atom. The highest BCUT2D eigenvalue weighted by atomic mass is 32.1. The van der Waals surface area contributed by atoms with Gasteiger partial charge in [0.05, 0.1) is 5.69 Å². The van der Waals surface area contributed by atoms with Crippen LogP contribution in [-0.4, -0.2) is 13.1 Å². The molecule has 0 spiro atoms. The van der Waals surface area contributed by atoms with Crippen molar-refractivity contribution < 1.29 is 0 Å². The Balaban J connectivity index is 2.07. The lowest BCUT2D eigenvalue weighted by atomic mass is 10.1. The SMILES string of the molecule is Cc1cc2c(s1)CCc1ccccc1N2CCCN. The van der Waals surface area contributed by atoms with Gasteiger partial charge in [0.1, 0.15) is 0 Å². The number of hydrogen-bond acceptors (Lipinski definition) is 3. The molecule has 1 aromatic heterocycles. The third kappa shape index (κ3) is 2.40. The van der Waals surface area contributed by atoms with Crippen LogP contribution in [-0.2, 0) is 12.8 Å². The first kappa shape index (κ1) is 12.7.